The molecule has 1 aromatic heterocycles. The fourth-order valence-electron chi connectivity index (χ4n) is 4.89. The zero-order valence-corrected chi connectivity index (χ0v) is 22.9. The number of methoxy groups -OCH3 is 2. The topological polar surface area (TPSA) is 128 Å². The highest BCUT2D eigenvalue weighted by Crippen LogP contribution is 2.30. The van der Waals surface area contributed by atoms with Gasteiger partial charge in [0.1, 0.15) is 23.3 Å². The summed E-state index contributed by atoms with van der Waals surface area (Å²) in [6.07, 6.45) is 1.79. The van der Waals surface area contributed by atoms with Crippen LogP contribution in [0.15, 0.2) is 60.8 Å². The molecular weight excluding hydrogens is 528 g/mol. The van der Waals surface area contributed by atoms with Crippen molar-refractivity contribution in [2.24, 2.45) is 0 Å². The van der Waals surface area contributed by atoms with E-state index in [1.165, 1.54) is 7.11 Å². The van der Waals surface area contributed by atoms with Crippen LogP contribution in [0.5, 0.6) is 23.0 Å². The van der Waals surface area contributed by atoms with E-state index in [-0.39, 0.29) is 50.4 Å². The van der Waals surface area contributed by atoms with Crippen molar-refractivity contribution < 1.29 is 33.3 Å². The average molecular weight is 561 g/mol. The Bertz CT molecular complexity index is 1420. The summed E-state index contributed by atoms with van der Waals surface area (Å²) in [5.41, 5.74) is 1.99. The minimum atomic E-state index is -0.554. The van der Waals surface area contributed by atoms with Crippen LogP contribution in [0.25, 0.3) is 0 Å². The zero-order valence-electron chi connectivity index (χ0n) is 22.9. The Morgan fingerprint density at radius 3 is 2.61 bits per heavy atom. The van der Waals surface area contributed by atoms with Gasteiger partial charge in [-0.05, 0) is 48.4 Å². The van der Waals surface area contributed by atoms with Crippen LogP contribution in [0.2, 0.25) is 0 Å². The number of aryl methyl sites for hydroxylation is 1. The number of carbonyl (C=O) groups excluding carboxylic acids is 3. The molecule has 5 aliphatic rings. The number of likely N-dealkylation sites (tertiary alicyclic amines) is 1. The summed E-state index contributed by atoms with van der Waals surface area (Å²) in [4.78, 5) is 44.5. The molecule has 3 amide bonds. The molecule has 11 nitrogen and oxygen atoms in total. The number of rotatable bonds is 3. The van der Waals surface area contributed by atoms with Gasteiger partial charge in [0, 0.05) is 37.3 Å². The Morgan fingerprint density at radius 2 is 1.83 bits per heavy atom. The molecule has 41 heavy (non-hydrogen) atoms. The third-order valence-electron chi connectivity index (χ3n) is 7.03. The second kappa shape index (κ2) is 12.6. The van der Waals surface area contributed by atoms with E-state index in [4.69, 9.17) is 18.9 Å². The van der Waals surface area contributed by atoms with Crippen LogP contribution in [0.4, 0.5) is 0 Å². The minimum absolute atomic E-state index is 0.107. The number of carbonyl (C=O) groups is 3. The molecular formula is C30H32N4O7. The van der Waals surface area contributed by atoms with E-state index >= 15 is 0 Å². The summed E-state index contributed by atoms with van der Waals surface area (Å²) in [6.45, 7) is 0.479. The molecule has 3 aromatic rings. The quantitative estimate of drug-likeness (QED) is 0.499. The highest BCUT2D eigenvalue weighted by Gasteiger charge is 2.38. The maximum Gasteiger partial charge on any atom is 0.272 e. The lowest BCUT2D eigenvalue weighted by molar-refractivity contribution is -0.124. The van der Waals surface area contributed by atoms with Crippen molar-refractivity contribution >= 4 is 17.7 Å². The number of nitrogens with zero attached hydrogens (tertiary/aromatic N) is 2. The molecule has 0 saturated carbocycles. The van der Waals surface area contributed by atoms with Crippen LogP contribution in [-0.2, 0) is 22.6 Å². The molecule has 0 unspecified atom stereocenters. The SMILES string of the molecule is COc1cc2ccc1CNC(=O)CCc1ccc(c(OC)c1)OCC(=O)N[C@@H]1CN(C(=O)c3ccccn3)C[C@H]1O2. The van der Waals surface area contributed by atoms with Gasteiger partial charge in [-0.15, -0.1) is 0 Å². The molecule has 11 heteroatoms. The van der Waals surface area contributed by atoms with E-state index in [1.54, 1.807) is 60.7 Å². The highest BCUT2D eigenvalue weighted by atomic mass is 16.5. The van der Waals surface area contributed by atoms with E-state index < -0.39 is 12.1 Å². The first-order valence-corrected chi connectivity index (χ1v) is 13.3. The third kappa shape index (κ3) is 6.68. The minimum Gasteiger partial charge on any atom is -0.496 e. The normalized spacial score (nSPS) is 19.3. The summed E-state index contributed by atoms with van der Waals surface area (Å²) in [7, 11) is 3.06. The predicted molar refractivity (Wildman–Crippen MR) is 148 cm³/mol. The number of benzene rings is 2. The van der Waals surface area contributed by atoms with Crippen molar-refractivity contribution in [3.05, 3.63) is 77.6 Å². The van der Waals surface area contributed by atoms with Gasteiger partial charge in [-0.3, -0.25) is 19.4 Å². The Balaban J connectivity index is 1.42. The monoisotopic (exact) mass is 560 g/mol. The van der Waals surface area contributed by atoms with Crippen molar-refractivity contribution in [1.82, 2.24) is 20.5 Å². The van der Waals surface area contributed by atoms with Crippen molar-refractivity contribution in [3.8, 4) is 23.0 Å². The summed E-state index contributed by atoms with van der Waals surface area (Å²) in [6, 6.07) is 15.3. The second-order valence-corrected chi connectivity index (χ2v) is 9.78. The summed E-state index contributed by atoms with van der Waals surface area (Å²) in [5.74, 6) is 1.18. The molecule has 5 aliphatic heterocycles. The molecule has 2 aromatic carbocycles. The standard InChI is InChI=1S/C30H32N4O7/c1-38-25-14-21-9-8-20(25)15-32-28(35)11-7-19-6-10-24(26(13-19)39-2)40-18-29(36)33-23-16-34(17-27(23)41-21)30(37)22-5-3-4-12-31-22/h3-6,8-10,12-14,23,27H,7,11,15-18H2,1-2H3,(H,32,35)(H,33,36)/t23-,27-/m1/s1. The molecule has 2 N–H and O–H groups in total. The lowest BCUT2D eigenvalue weighted by atomic mass is 10.1. The molecule has 214 valence electrons. The largest absolute Gasteiger partial charge is 0.496 e. The zero-order chi connectivity index (χ0) is 28.8. The van der Waals surface area contributed by atoms with Gasteiger partial charge in [-0.25, -0.2) is 0 Å². The fraction of sp³-hybridized carbons (Fsp3) is 0.333. The maximum absolute atomic E-state index is 13.2. The molecule has 2 atom stereocenters. The Morgan fingerprint density at radius 1 is 0.976 bits per heavy atom. The number of hydrogen-bond donors (Lipinski definition) is 2. The highest BCUT2D eigenvalue weighted by molar-refractivity contribution is 5.92. The Labute approximate surface area is 237 Å². The van der Waals surface area contributed by atoms with E-state index in [1.807, 2.05) is 12.1 Å². The van der Waals surface area contributed by atoms with Gasteiger partial charge in [-0.1, -0.05) is 12.1 Å². The number of aromatic nitrogens is 1. The van der Waals surface area contributed by atoms with Crippen LogP contribution in [0.3, 0.4) is 0 Å². The predicted octanol–water partition coefficient (Wildman–Crippen LogP) is 2.13. The second-order valence-electron chi connectivity index (χ2n) is 9.78. The van der Waals surface area contributed by atoms with Crippen LogP contribution in [0.1, 0.15) is 28.0 Å². The number of amides is 3. The maximum atomic E-state index is 13.2. The summed E-state index contributed by atoms with van der Waals surface area (Å²) in [5, 5.41) is 5.91. The van der Waals surface area contributed by atoms with Gasteiger partial charge in [0.2, 0.25) is 5.91 Å². The molecule has 8 rings (SSSR count). The Kier molecular flexibility index (Phi) is 8.52. The van der Waals surface area contributed by atoms with Crippen LogP contribution in [-0.4, -0.2) is 73.7 Å². The number of nitrogens with one attached hydrogen (secondary N) is 2. The molecule has 0 radical (unpaired) electrons. The van der Waals surface area contributed by atoms with Crippen LogP contribution in [0, 0.1) is 0 Å². The molecule has 1 saturated heterocycles. The van der Waals surface area contributed by atoms with E-state index in [9.17, 15) is 14.4 Å². The van der Waals surface area contributed by atoms with Gasteiger partial charge in [-0.2, -0.15) is 0 Å². The third-order valence-corrected chi connectivity index (χ3v) is 7.03. The van der Waals surface area contributed by atoms with Gasteiger partial charge in [0.15, 0.2) is 18.1 Å². The van der Waals surface area contributed by atoms with Crippen LogP contribution < -0.4 is 29.6 Å². The lowest BCUT2D eigenvalue weighted by Gasteiger charge is -2.22. The first kappa shape index (κ1) is 27.8. The van der Waals surface area contributed by atoms with Crippen LogP contribution >= 0.6 is 0 Å². The Hall–Kier alpha value is -4.80. The number of pyridine rings is 1. The van der Waals surface area contributed by atoms with Crippen molar-refractivity contribution in [1.29, 1.82) is 0 Å². The van der Waals surface area contributed by atoms with Gasteiger partial charge in [0.25, 0.3) is 11.8 Å². The first-order chi connectivity index (χ1) is 19.9. The van der Waals surface area contributed by atoms with Gasteiger partial charge >= 0.3 is 0 Å². The van der Waals surface area contributed by atoms with E-state index in [0.29, 0.717) is 35.1 Å². The first-order valence-electron chi connectivity index (χ1n) is 13.3. The van der Waals surface area contributed by atoms with E-state index in [0.717, 1.165) is 11.1 Å². The molecule has 0 aliphatic carbocycles. The lowest BCUT2D eigenvalue weighted by Crippen LogP contribution is -2.46. The molecule has 4 bridgehead atoms. The van der Waals surface area contributed by atoms with Crippen molar-refractivity contribution in [2.75, 3.05) is 33.9 Å². The summed E-state index contributed by atoms with van der Waals surface area (Å²) < 4.78 is 23.1. The van der Waals surface area contributed by atoms with Crippen molar-refractivity contribution in [3.63, 3.8) is 0 Å². The van der Waals surface area contributed by atoms with Gasteiger partial charge in [0.05, 0.1) is 26.8 Å². The molecule has 6 heterocycles. The summed E-state index contributed by atoms with van der Waals surface area (Å²) >= 11 is 0. The average Bonchev–Trinajstić information content (AvgIpc) is 3.39. The fourth-order valence-corrected chi connectivity index (χ4v) is 4.89. The van der Waals surface area contributed by atoms with E-state index in [2.05, 4.69) is 15.6 Å². The smallest absolute Gasteiger partial charge is 0.272 e. The number of hydrogen-bond acceptors (Lipinski definition) is 8. The van der Waals surface area contributed by atoms with Gasteiger partial charge < -0.3 is 34.5 Å². The number of ether oxygens (including phenoxy) is 4. The molecule has 1 fully saturated rings. The van der Waals surface area contributed by atoms with Crippen molar-refractivity contribution in [2.45, 2.75) is 31.5 Å². The molecule has 0 spiro atoms.